The van der Waals surface area contributed by atoms with Crippen molar-refractivity contribution < 1.29 is 4.52 Å². The van der Waals surface area contributed by atoms with E-state index in [-0.39, 0.29) is 0 Å². The van der Waals surface area contributed by atoms with Gasteiger partial charge in [-0.25, -0.2) is 0 Å². The molecule has 1 unspecified atom stereocenters. The summed E-state index contributed by atoms with van der Waals surface area (Å²) < 4.78 is 5.36. The maximum atomic E-state index is 5.36. The maximum Gasteiger partial charge on any atom is 0.259 e. The number of aryl methyl sites for hydroxylation is 1. The molecule has 0 bridgehead atoms. The third-order valence-electron chi connectivity index (χ3n) is 3.34. The number of aromatic nitrogens is 3. The summed E-state index contributed by atoms with van der Waals surface area (Å²) in [5, 5.41) is 7.46. The summed E-state index contributed by atoms with van der Waals surface area (Å²) in [4.78, 5) is 8.74. The van der Waals surface area contributed by atoms with E-state index in [2.05, 4.69) is 20.4 Å². The summed E-state index contributed by atoms with van der Waals surface area (Å²) in [5.74, 6) is 1.75. The molecule has 1 fully saturated rings. The molecule has 1 aliphatic rings. The van der Waals surface area contributed by atoms with Gasteiger partial charge in [-0.1, -0.05) is 5.16 Å². The molecule has 5 heteroatoms. The van der Waals surface area contributed by atoms with Gasteiger partial charge in [-0.15, -0.1) is 0 Å². The van der Waals surface area contributed by atoms with Crippen molar-refractivity contribution in [1.82, 2.24) is 20.4 Å². The molecular weight excluding hydrogens is 228 g/mol. The molecule has 0 saturated carbocycles. The first-order valence-corrected chi connectivity index (χ1v) is 6.31. The number of nitrogens with zero attached hydrogens (tertiary/aromatic N) is 3. The van der Waals surface area contributed by atoms with Crippen LogP contribution in [0.1, 0.15) is 30.3 Å². The summed E-state index contributed by atoms with van der Waals surface area (Å²) in [6, 6.07) is 3.84. The molecule has 1 aliphatic heterocycles. The van der Waals surface area contributed by atoms with Crippen LogP contribution in [-0.4, -0.2) is 28.2 Å². The molecule has 2 aromatic heterocycles. The van der Waals surface area contributed by atoms with E-state index >= 15 is 0 Å². The summed E-state index contributed by atoms with van der Waals surface area (Å²) in [6.45, 7) is 3.97. The molecule has 18 heavy (non-hydrogen) atoms. The quantitative estimate of drug-likeness (QED) is 0.874. The summed E-state index contributed by atoms with van der Waals surface area (Å²) in [5.41, 5.74) is 1.83. The van der Waals surface area contributed by atoms with E-state index in [0.29, 0.717) is 11.8 Å². The van der Waals surface area contributed by atoms with E-state index in [0.717, 1.165) is 36.6 Å². The van der Waals surface area contributed by atoms with Gasteiger partial charge >= 0.3 is 0 Å². The lowest BCUT2D eigenvalue weighted by Gasteiger charge is -2.19. The van der Waals surface area contributed by atoms with Gasteiger partial charge in [0, 0.05) is 24.4 Å². The Morgan fingerprint density at radius 1 is 1.44 bits per heavy atom. The first-order chi connectivity index (χ1) is 8.84. The Hall–Kier alpha value is -1.75. The molecule has 1 atom stereocenters. The van der Waals surface area contributed by atoms with Crippen LogP contribution in [0.4, 0.5) is 0 Å². The molecule has 94 valence electrons. The molecule has 2 aromatic rings. The van der Waals surface area contributed by atoms with Gasteiger partial charge in [-0.05, 0) is 38.4 Å². The lowest BCUT2D eigenvalue weighted by Crippen LogP contribution is -2.28. The molecule has 3 rings (SSSR count). The average Bonchev–Trinajstić information content (AvgIpc) is 2.90. The van der Waals surface area contributed by atoms with Crippen LogP contribution < -0.4 is 5.32 Å². The minimum Gasteiger partial charge on any atom is -0.334 e. The van der Waals surface area contributed by atoms with Gasteiger partial charge in [0.05, 0.1) is 5.56 Å². The molecule has 0 aliphatic carbocycles. The van der Waals surface area contributed by atoms with Crippen molar-refractivity contribution in [1.29, 1.82) is 0 Å². The monoisotopic (exact) mass is 244 g/mol. The fraction of sp³-hybridized carbons (Fsp3) is 0.462. The van der Waals surface area contributed by atoms with Crippen LogP contribution in [0.5, 0.6) is 0 Å². The molecule has 5 nitrogen and oxygen atoms in total. The number of nitrogens with one attached hydrogen (secondary N) is 1. The van der Waals surface area contributed by atoms with Crippen molar-refractivity contribution in [2.45, 2.75) is 25.7 Å². The molecule has 1 N–H and O–H groups in total. The molecule has 0 radical (unpaired) electrons. The van der Waals surface area contributed by atoms with E-state index in [1.807, 2.05) is 19.1 Å². The Morgan fingerprint density at radius 2 is 2.39 bits per heavy atom. The van der Waals surface area contributed by atoms with Crippen LogP contribution in [0.3, 0.4) is 0 Å². The second-order valence-corrected chi connectivity index (χ2v) is 4.64. The highest BCUT2D eigenvalue weighted by Crippen LogP contribution is 2.25. The summed E-state index contributed by atoms with van der Waals surface area (Å²) >= 11 is 0. The van der Waals surface area contributed by atoms with E-state index in [1.165, 1.54) is 6.42 Å². The van der Waals surface area contributed by atoms with Crippen molar-refractivity contribution in [2.24, 2.45) is 0 Å². The Balaban J connectivity index is 1.87. The molecule has 0 amide bonds. The summed E-state index contributed by atoms with van der Waals surface area (Å²) in [7, 11) is 0. The van der Waals surface area contributed by atoms with Crippen molar-refractivity contribution in [3.8, 4) is 11.5 Å². The van der Waals surface area contributed by atoms with Gasteiger partial charge in [0.1, 0.15) is 0 Å². The Kier molecular flexibility index (Phi) is 3.06. The van der Waals surface area contributed by atoms with Crippen LogP contribution in [0.25, 0.3) is 11.5 Å². The fourth-order valence-electron chi connectivity index (χ4n) is 2.29. The number of pyridine rings is 1. The molecular formula is C13H16N4O. The van der Waals surface area contributed by atoms with Crippen LogP contribution in [0.15, 0.2) is 22.9 Å². The van der Waals surface area contributed by atoms with E-state index < -0.39 is 0 Å². The van der Waals surface area contributed by atoms with Crippen molar-refractivity contribution in [3.05, 3.63) is 29.8 Å². The van der Waals surface area contributed by atoms with E-state index in [9.17, 15) is 0 Å². The number of hydrogen-bond donors (Lipinski definition) is 1. The average molecular weight is 244 g/mol. The van der Waals surface area contributed by atoms with Crippen molar-refractivity contribution >= 4 is 0 Å². The molecule has 1 saturated heterocycles. The lowest BCUT2D eigenvalue weighted by molar-refractivity contribution is 0.393. The smallest absolute Gasteiger partial charge is 0.259 e. The first kappa shape index (κ1) is 11.3. The van der Waals surface area contributed by atoms with Gasteiger partial charge < -0.3 is 9.84 Å². The lowest BCUT2D eigenvalue weighted by atomic mass is 9.99. The van der Waals surface area contributed by atoms with Crippen LogP contribution >= 0.6 is 0 Å². The van der Waals surface area contributed by atoms with Gasteiger partial charge in [0.15, 0.2) is 5.82 Å². The van der Waals surface area contributed by atoms with E-state index in [1.54, 1.807) is 6.20 Å². The minimum absolute atomic E-state index is 0.369. The summed E-state index contributed by atoms with van der Waals surface area (Å²) in [6.07, 6.45) is 4.06. The highest BCUT2D eigenvalue weighted by Gasteiger charge is 2.21. The third-order valence-corrected chi connectivity index (χ3v) is 3.34. The normalized spacial score (nSPS) is 19.9. The standard InChI is InChI=1S/C13H16N4O/c1-9-11(5-3-7-15-9)13-16-12(17-18-13)10-4-2-6-14-8-10/h3,5,7,10,14H,2,4,6,8H2,1H3. The van der Waals surface area contributed by atoms with Crippen molar-refractivity contribution in [3.63, 3.8) is 0 Å². The second kappa shape index (κ2) is 4.86. The van der Waals surface area contributed by atoms with Gasteiger partial charge in [0.25, 0.3) is 5.89 Å². The fourth-order valence-corrected chi connectivity index (χ4v) is 2.29. The zero-order valence-corrected chi connectivity index (χ0v) is 10.4. The van der Waals surface area contributed by atoms with Gasteiger partial charge in [-0.2, -0.15) is 4.98 Å². The highest BCUT2D eigenvalue weighted by molar-refractivity contribution is 5.55. The molecule has 3 heterocycles. The first-order valence-electron chi connectivity index (χ1n) is 6.31. The highest BCUT2D eigenvalue weighted by atomic mass is 16.5. The van der Waals surface area contributed by atoms with Crippen molar-refractivity contribution in [2.75, 3.05) is 13.1 Å². The predicted octanol–water partition coefficient (Wildman–Crippen LogP) is 1.91. The SMILES string of the molecule is Cc1ncccc1-c1nc(C2CCCNC2)no1. The minimum atomic E-state index is 0.369. The van der Waals surface area contributed by atoms with Gasteiger partial charge in [0.2, 0.25) is 0 Å². The topological polar surface area (TPSA) is 63.8 Å². The van der Waals surface area contributed by atoms with Crippen LogP contribution in [-0.2, 0) is 0 Å². The Morgan fingerprint density at radius 3 is 3.17 bits per heavy atom. The van der Waals surface area contributed by atoms with E-state index in [4.69, 9.17) is 4.52 Å². The Labute approximate surface area is 106 Å². The Bertz CT molecular complexity index is 531. The number of piperidine rings is 1. The predicted molar refractivity (Wildman–Crippen MR) is 67.1 cm³/mol. The zero-order chi connectivity index (χ0) is 12.4. The zero-order valence-electron chi connectivity index (χ0n) is 10.4. The second-order valence-electron chi connectivity index (χ2n) is 4.64. The van der Waals surface area contributed by atoms with Crippen LogP contribution in [0, 0.1) is 6.92 Å². The number of rotatable bonds is 2. The maximum absolute atomic E-state index is 5.36. The van der Waals surface area contributed by atoms with Gasteiger partial charge in [-0.3, -0.25) is 4.98 Å². The molecule has 0 spiro atoms. The largest absolute Gasteiger partial charge is 0.334 e. The number of hydrogen-bond acceptors (Lipinski definition) is 5. The third kappa shape index (κ3) is 2.13. The molecule has 0 aromatic carbocycles. The van der Waals surface area contributed by atoms with Crippen LogP contribution in [0.2, 0.25) is 0 Å².